The standard InChI is InChI=1S/C3H6O.C2H3O.C2H5.W/c1-3(2)4;1-2-3;1-2;/h1-2H3;1H3;1H2,2H3;/q;2*-1;+2. The molecule has 0 N–H and O–H groups in total. The Balaban J connectivity index is -0.0000000273. The molecule has 0 atom stereocenters. The summed E-state index contributed by atoms with van der Waals surface area (Å²) < 4.78 is 0. The second-order valence-corrected chi connectivity index (χ2v) is 1.11. The maximum Gasteiger partial charge on any atom is 2.00 e. The summed E-state index contributed by atoms with van der Waals surface area (Å²) in [6, 6.07) is 0. The summed E-state index contributed by atoms with van der Waals surface area (Å²) in [6.07, 6.45) is 1.50. The Hall–Kier alpha value is 0.0283. The van der Waals surface area contributed by atoms with Gasteiger partial charge in [0.05, 0.1) is 0 Å². The van der Waals surface area contributed by atoms with E-state index >= 15 is 0 Å². The Morgan fingerprint density at radius 2 is 1.30 bits per heavy atom. The largest absolute Gasteiger partial charge is 2.00 e. The van der Waals surface area contributed by atoms with Gasteiger partial charge in [0, 0.05) is 0 Å². The van der Waals surface area contributed by atoms with E-state index in [1.54, 1.807) is 6.92 Å². The van der Waals surface area contributed by atoms with Crippen LogP contribution in [-0.4, -0.2) is 12.1 Å². The van der Waals surface area contributed by atoms with Crippen LogP contribution in [0.5, 0.6) is 0 Å². The zero-order valence-corrected chi connectivity index (χ0v) is 9.87. The van der Waals surface area contributed by atoms with Crippen LogP contribution in [0.15, 0.2) is 0 Å². The normalized spacial score (nSPS) is 4.50. The predicted molar refractivity (Wildman–Crippen MR) is 38.8 cm³/mol. The Morgan fingerprint density at radius 3 is 1.30 bits per heavy atom. The second-order valence-electron chi connectivity index (χ2n) is 1.11. The summed E-state index contributed by atoms with van der Waals surface area (Å²) in [6.45, 7) is 9.38. The van der Waals surface area contributed by atoms with Crippen LogP contribution in [0.3, 0.4) is 0 Å². The van der Waals surface area contributed by atoms with E-state index in [-0.39, 0.29) is 26.8 Å². The van der Waals surface area contributed by atoms with E-state index in [0.717, 1.165) is 0 Å². The van der Waals surface area contributed by atoms with Crippen LogP contribution in [0.1, 0.15) is 27.7 Å². The van der Waals surface area contributed by atoms with Gasteiger partial charge in [-0.1, -0.05) is 0 Å². The fourth-order valence-corrected chi connectivity index (χ4v) is 0. The molecular weight excluding hydrogens is 300 g/mol. The van der Waals surface area contributed by atoms with Crippen molar-refractivity contribution in [1.82, 2.24) is 0 Å². The molecule has 2 nitrogen and oxygen atoms in total. The van der Waals surface area contributed by atoms with Crippen molar-refractivity contribution in [3.63, 3.8) is 0 Å². The van der Waals surface area contributed by atoms with Crippen LogP contribution >= 0.6 is 0 Å². The molecule has 0 fully saturated rings. The minimum absolute atomic E-state index is 0. The predicted octanol–water partition coefficient (Wildman–Crippen LogP) is 1.55. The molecule has 0 bridgehead atoms. The summed E-state index contributed by atoms with van der Waals surface area (Å²) in [4.78, 5) is 18.1. The first-order valence-electron chi connectivity index (χ1n) is 2.62. The number of hydrogen-bond acceptors (Lipinski definition) is 2. The van der Waals surface area contributed by atoms with Gasteiger partial charge < -0.3 is 16.5 Å². The van der Waals surface area contributed by atoms with Gasteiger partial charge in [-0.25, -0.2) is 0 Å². The Morgan fingerprint density at radius 1 is 1.30 bits per heavy atom. The molecule has 0 amide bonds. The number of ketones is 1. The summed E-state index contributed by atoms with van der Waals surface area (Å²) in [5.41, 5.74) is 0. The van der Waals surface area contributed by atoms with E-state index in [4.69, 9.17) is 4.79 Å². The summed E-state index contributed by atoms with van der Waals surface area (Å²) in [5, 5.41) is 0. The number of carbonyl (C=O) groups is 1. The third-order valence-electron chi connectivity index (χ3n) is 0. The number of hydrogen-bond donors (Lipinski definition) is 0. The Bertz CT molecular complexity index is 58.6. The topological polar surface area (TPSA) is 34.1 Å². The third-order valence-corrected chi connectivity index (χ3v) is 0. The first-order chi connectivity index (χ1) is 4.15. The number of carbonyl (C=O) groups excluding carboxylic acids is 2. The van der Waals surface area contributed by atoms with Gasteiger partial charge in [-0.3, -0.25) is 6.29 Å². The van der Waals surface area contributed by atoms with E-state index in [0.29, 0.717) is 0 Å². The van der Waals surface area contributed by atoms with E-state index in [1.165, 1.54) is 27.1 Å². The van der Waals surface area contributed by atoms with Crippen molar-refractivity contribution in [3.8, 4) is 0 Å². The van der Waals surface area contributed by atoms with Crippen molar-refractivity contribution in [2.75, 3.05) is 0 Å². The van der Waals surface area contributed by atoms with Crippen molar-refractivity contribution in [1.29, 1.82) is 0 Å². The molecule has 0 saturated heterocycles. The average Bonchev–Trinajstić information content (AvgIpc) is 1.71. The Labute approximate surface area is 77.7 Å². The van der Waals surface area contributed by atoms with Crippen LogP contribution in [0.4, 0.5) is 0 Å². The molecule has 0 aliphatic heterocycles. The van der Waals surface area contributed by atoms with E-state index < -0.39 is 0 Å². The van der Waals surface area contributed by atoms with Gasteiger partial charge in [-0.2, -0.15) is 13.8 Å². The first kappa shape index (κ1) is 22.5. The molecule has 0 spiro atoms. The molecule has 0 aliphatic rings. The minimum atomic E-state index is 0. The number of Topliss-reactive ketones (excluding diaryl/α,β-unsaturated/α-hetero) is 1. The maximum atomic E-state index is 9.44. The molecule has 0 saturated carbocycles. The zero-order valence-electron chi connectivity index (χ0n) is 6.93. The molecule has 0 aromatic heterocycles. The summed E-state index contributed by atoms with van der Waals surface area (Å²) in [5.74, 6) is 0.167. The molecule has 60 valence electrons. The number of rotatable bonds is 0. The van der Waals surface area contributed by atoms with Gasteiger partial charge in [0.2, 0.25) is 0 Å². The fraction of sp³-hybridized carbons (Fsp3) is 0.571. The van der Waals surface area contributed by atoms with Gasteiger partial charge in [0.15, 0.2) is 0 Å². The Kier molecular flexibility index (Phi) is 80.7. The quantitative estimate of drug-likeness (QED) is 0.636. The fourth-order valence-electron chi connectivity index (χ4n) is 0. The van der Waals surface area contributed by atoms with E-state index in [1.807, 2.05) is 0 Å². The van der Waals surface area contributed by atoms with E-state index in [9.17, 15) is 4.79 Å². The molecule has 0 heterocycles. The van der Waals surface area contributed by atoms with Crippen LogP contribution in [0, 0.1) is 6.92 Å². The van der Waals surface area contributed by atoms with Crippen molar-refractivity contribution >= 4 is 12.1 Å². The molecular formula is C7H14O2W. The maximum absolute atomic E-state index is 9.44. The first-order valence-corrected chi connectivity index (χ1v) is 2.62. The average molecular weight is 314 g/mol. The van der Waals surface area contributed by atoms with Crippen molar-refractivity contribution in [3.05, 3.63) is 6.92 Å². The van der Waals surface area contributed by atoms with Crippen LogP contribution in [0.2, 0.25) is 0 Å². The smallest absolute Gasteiger partial charge is 0.542 e. The summed E-state index contributed by atoms with van der Waals surface area (Å²) >= 11 is 0. The molecule has 0 aliphatic carbocycles. The van der Waals surface area contributed by atoms with Gasteiger partial charge in [0.25, 0.3) is 0 Å². The van der Waals surface area contributed by atoms with Gasteiger partial charge in [-0.05, 0) is 13.8 Å². The molecule has 0 radical (unpaired) electrons. The molecule has 3 heteroatoms. The monoisotopic (exact) mass is 314 g/mol. The van der Waals surface area contributed by atoms with Crippen LogP contribution < -0.4 is 0 Å². The molecule has 0 aromatic carbocycles. The molecule has 0 aromatic rings. The van der Waals surface area contributed by atoms with Gasteiger partial charge >= 0.3 is 21.1 Å². The molecule has 0 unspecified atom stereocenters. The second kappa shape index (κ2) is 35.9. The molecule has 10 heavy (non-hydrogen) atoms. The zero-order chi connectivity index (χ0) is 8.28. The SMILES string of the molecule is CC(C)=O.C[C-]=O.[CH2-]C.[W+2]. The van der Waals surface area contributed by atoms with Crippen molar-refractivity contribution < 1.29 is 30.7 Å². The van der Waals surface area contributed by atoms with Gasteiger partial charge in [0.1, 0.15) is 5.78 Å². The van der Waals surface area contributed by atoms with Gasteiger partial charge in [-0.15, -0.1) is 0 Å². The third kappa shape index (κ3) is 495000. The van der Waals surface area contributed by atoms with Crippen molar-refractivity contribution in [2.24, 2.45) is 0 Å². The van der Waals surface area contributed by atoms with Crippen LogP contribution in [-0.2, 0) is 30.7 Å². The summed E-state index contributed by atoms with van der Waals surface area (Å²) in [7, 11) is 0. The van der Waals surface area contributed by atoms with Crippen molar-refractivity contribution in [2.45, 2.75) is 27.7 Å². The van der Waals surface area contributed by atoms with E-state index in [2.05, 4.69) is 6.92 Å². The minimum Gasteiger partial charge on any atom is -0.542 e. The molecule has 0 rings (SSSR count). The van der Waals surface area contributed by atoms with Crippen LogP contribution in [0.25, 0.3) is 0 Å².